The van der Waals surface area contributed by atoms with Crippen LogP contribution in [0.25, 0.3) is 0 Å². The Morgan fingerprint density at radius 1 is 1.30 bits per heavy atom. The van der Waals surface area contributed by atoms with Crippen LogP contribution in [0.3, 0.4) is 0 Å². The number of halogens is 3. The minimum atomic E-state index is -4.74. The Balaban J connectivity index is 2.02. The number of hydrogen-bond donors (Lipinski definition) is 0. The summed E-state index contributed by atoms with van der Waals surface area (Å²) in [6.07, 6.45) is -4.45. The van der Waals surface area contributed by atoms with Gasteiger partial charge in [0, 0.05) is 18.4 Å². The van der Waals surface area contributed by atoms with Crippen LogP contribution in [0.1, 0.15) is 54.4 Å². The number of carbonyl (C=O) groups excluding carboxylic acids is 4. The normalized spacial score (nSPS) is 24.8. The Kier molecular flexibility index (Phi) is 4.65. The molecule has 1 aromatic heterocycles. The van der Waals surface area contributed by atoms with Gasteiger partial charge >= 0.3 is 12.1 Å². The van der Waals surface area contributed by atoms with Crippen LogP contribution in [0.15, 0.2) is 12.1 Å². The minimum Gasteiger partial charge on any atom is -0.459 e. The van der Waals surface area contributed by atoms with Crippen LogP contribution in [0, 0.1) is 11.3 Å². The number of carbonyl (C=O) groups is 4. The number of alkyl halides is 3. The molecule has 6 nitrogen and oxygen atoms in total. The van der Waals surface area contributed by atoms with Crippen molar-refractivity contribution in [2.45, 2.75) is 45.4 Å². The lowest BCUT2D eigenvalue weighted by Gasteiger charge is -2.30. The Morgan fingerprint density at radius 3 is 2.63 bits per heavy atom. The number of hydrogen-bond acceptors (Lipinski definition) is 6. The van der Waals surface area contributed by atoms with E-state index in [2.05, 4.69) is 4.98 Å². The first-order chi connectivity index (χ1) is 12.5. The highest BCUT2D eigenvalue weighted by molar-refractivity contribution is 6.21. The number of Topliss-reactive ketones (excluding diaryl/α,β-unsaturated/α-hetero) is 3. The molecule has 1 heterocycles. The first-order valence-corrected chi connectivity index (χ1v) is 8.36. The lowest BCUT2D eigenvalue weighted by Crippen LogP contribution is -2.42. The second kappa shape index (κ2) is 6.54. The Labute approximate surface area is 152 Å². The highest BCUT2D eigenvalue weighted by Crippen LogP contribution is 2.50. The third-order valence-electron chi connectivity index (χ3n) is 5.19. The molecule has 2 fully saturated rings. The second-order valence-corrected chi connectivity index (χ2v) is 6.89. The van der Waals surface area contributed by atoms with Crippen LogP contribution in [-0.2, 0) is 31.9 Å². The van der Waals surface area contributed by atoms with Crippen molar-refractivity contribution in [2.24, 2.45) is 11.3 Å². The minimum absolute atomic E-state index is 0.0670. The molecule has 2 unspecified atom stereocenters. The zero-order valence-electron chi connectivity index (χ0n) is 14.4. The summed E-state index contributed by atoms with van der Waals surface area (Å²) in [5.41, 5.74) is -3.18. The monoisotopic (exact) mass is 383 g/mol. The third-order valence-corrected chi connectivity index (χ3v) is 5.19. The molecule has 144 valence electrons. The van der Waals surface area contributed by atoms with E-state index < -0.39 is 41.4 Å². The van der Waals surface area contributed by atoms with Gasteiger partial charge in [-0.1, -0.05) is 0 Å². The standard InChI is InChI=1S/C18H16F3NO5/c1-9(23)27-8-12-11(2-3-14(22-12)18(19,20)21)16(26)17-5-4-10(7-17)13(24)6-15(17)25/h2-3,10H,4-8H2,1H3. The number of esters is 1. The maximum atomic E-state index is 13.1. The number of pyridine rings is 1. The Hall–Kier alpha value is -2.58. The van der Waals surface area contributed by atoms with Gasteiger partial charge in [0.05, 0.1) is 17.5 Å². The molecule has 2 bridgehead atoms. The van der Waals surface area contributed by atoms with Crippen molar-refractivity contribution in [2.75, 3.05) is 0 Å². The van der Waals surface area contributed by atoms with E-state index in [1.807, 2.05) is 0 Å². The van der Waals surface area contributed by atoms with Crippen molar-refractivity contribution in [1.82, 2.24) is 4.98 Å². The largest absolute Gasteiger partial charge is 0.459 e. The molecule has 0 aromatic carbocycles. The predicted molar refractivity (Wildman–Crippen MR) is 83.4 cm³/mol. The van der Waals surface area contributed by atoms with Gasteiger partial charge in [0.1, 0.15) is 18.1 Å². The summed E-state index contributed by atoms with van der Waals surface area (Å²) < 4.78 is 43.6. The average Bonchev–Trinajstić information content (AvgIpc) is 3.00. The summed E-state index contributed by atoms with van der Waals surface area (Å²) in [6, 6.07) is 1.62. The van der Waals surface area contributed by atoms with Gasteiger partial charge in [-0.25, -0.2) is 4.98 Å². The maximum Gasteiger partial charge on any atom is 0.433 e. The number of ketones is 3. The Morgan fingerprint density at radius 2 is 2.00 bits per heavy atom. The van der Waals surface area contributed by atoms with Gasteiger partial charge in [-0.3, -0.25) is 19.2 Å². The molecule has 2 aliphatic rings. The van der Waals surface area contributed by atoms with E-state index in [1.54, 1.807) is 0 Å². The number of nitrogens with zero attached hydrogens (tertiary/aromatic N) is 1. The first-order valence-electron chi connectivity index (χ1n) is 8.36. The van der Waals surface area contributed by atoms with Crippen molar-refractivity contribution in [3.8, 4) is 0 Å². The number of aromatic nitrogens is 1. The van der Waals surface area contributed by atoms with E-state index in [4.69, 9.17) is 4.74 Å². The van der Waals surface area contributed by atoms with Crippen LogP contribution < -0.4 is 0 Å². The lowest BCUT2D eigenvalue weighted by atomic mass is 9.69. The fourth-order valence-electron chi connectivity index (χ4n) is 3.78. The summed E-state index contributed by atoms with van der Waals surface area (Å²) in [4.78, 5) is 51.9. The molecule has 2 saturated carbocycles. The van der Waals surface area contributed by atoms with E-state index in [1.165, 1.54) is 0 Å². The Bertz CT molecular complexity index is 848. The zero-order chi connectivity index (χ0) is 20.0. The van der Waals surface area contributed by atoms with E-state index in [0.29, 0.717) is 12.5 Å². The van der Waals surface area contributed by atoms with Crippen LogP contribution in [0.4, 0.5) is 13.2 Å². The smallest absolute Gasteiger partial charge is 0.433 e. The molecule has 0 spiro atoms. The van der Waals surface area contributed by atoms with Gasteiger partial charge in [-0.05, 0) is 31.4 Å². The summed E-state index contributed by atoms with van der Waals surface area (Å²) in [6.45, 7) is 0.457. The molecule has 2 atom stereocenters. The van der Waals surface area contributed by atoms with Crippen molar-refractivity contribution in [3.05, 3.63) is 29.1 Å². The fourth-order valence-corrected chi connectivity index (χ4v) is 3.78. The summed E-state index contributed by atoms with van der Waals surface area (Å²) in [5.74, 6) is -2.50. The predicted octanol–water partition coefficient (Wildman–Crippen LogP) is 2.67. The molecular formula is C18H16F3NO5. The number of ether oxygens (including phenoxy) is 1. The van der Waals surface area contributed by atoms with E-state index >= 15 is 0 Å². The highest BCUT2D eigenvalue weighted by atomic mass is 19.4. The zero-order valence-corrected chi connectivity index (χ0v) is 14.4. The van der Waals surface area contributed by atoms with Gasteiger partial charge in [-0.15, -0.1) is 0 Å². The van der Waals surface area contributed by atoms with Gasteiger partial charge in [-0.2, -0.15) is 13.2 Å². The molecule has 0 N–H and O–H groups in total. The van der Waals surface area contributed by atoms with Crippen molar-refractivity contribution < 1.29 is 37.1 Å². The molecule has 0 amide bonds. The van der Waals surface area contributed by atoms with Crippen LogP contribution in [0.5, 0.6) is 0 Å². The molecule has 0 saturated heterocycles. The van der Waals surface area contributed by atoms with Crippen molar-refractivity contribution in [3.63, 3.8) is 0 Å². The molecule has 0 radical (unpaired) electrons. The van der Waals surface area contributed by atoms with Crippen LogP contribution in [0.2, 0.25) is 0 Å². The molecule has 1 aromatic rings. The van der Waals surface area contributed by atoms with Crippen LogP contribution in [-0.4, -0.2) is 28.3 Å². The van der Waals surface area contributed by atoms with Gasteiger partial charge < -0.3 is 4.74 Å². The van der Waals surface area contributed by atoms with Crippen molar-refractivity contribution >= 4 is 23.3 Å². The molecular weight excluding hydrogens is 367 g/mol. The van der Waals surface area contributed by atoms with E-state index in [9.17, 15) is 32.3 Å². The summed E-state index contributed by atoms with van der Waals surface area (Å²) >= 11 is 0. The quantitative estimate of drug-likeness (QED) is 0.451. The van der Waals surface area contributed by atoms with Crippen LogP contribution >= 0.6 is 0 Å². The second-order valence-electron chi connectivity index (χ2n) is 6.89. The van der Waals surface area contributed by atoms with Gasteiger partial charge in [0.25, 0.3) is 0 Å². The summed E-state index contributed by atoms with van der Waals surface area (Å²) in [7, 11) is 0. The first kappa shape index (κ1) is 19.2. The van der Waals surface area contributed by atoms with Gasteiger partial charge in [0.15, 0.2) is 11.6 Å². The topological polar surface area (TPSA) is 90.4 Å². The van der Waals surface area contributed by atoms with E-state index in [0.717, 1.165) is 13.0 Å². The lowest BCUT2D eigenvalue weighted by molar-refractivity contribution is -0.143. The number of rotatable bonds is 4. The molecule has 2 aliphatic carbocycles. The SMILES string of the molecule is CC(=O)OCc1nc(C(F)(F)F)ccc1C(=O)C12CCC(C1)C(=O)CC2=O. The maximum absolute atomic E-state index is 13.1. The highest BCUT2D eigenvalue weighted by Gasteiger charge is 2.56. The molecule has 9 heteroatoms. The molecule has 27 heavy (non-hydrogen) atoms. The summed E-state index contributed by atoms with van der Waals surface area (Å²) in [5, 5.41) is 0. The average molecular weight is 383 g/mol. The van der Waals surface area contributed by atoms with Gasteiger partial charge in [0.2, 0.25) is 0 Å². The fraction of sp³-hybridized carbons (Fsp3) is 0.500. The number of fused-ring (bicyclic) bond motifs is 2. The third kappa shape index (κ3) is 3.38. The van der Waals surface area contributed by atoms with E-state index in [-0.39, 0.29) is 42.2 Å². The van der Waals surface area contributed by atoms with Crippen molar-refractivity contribution in [1.29, 1.82) is 0 Å². The molecule has 3 rings (SSSR count). The molecule has 0 aliphatic heterocycles.